The number of nitrogens with one attached hydrogen (secondary N) is 3. The number of fused-ring (bicyclic) bond motifs is 4. The third-order valence-electron chi connectivity index (χ3n) is 7.57. The van der Waals surface area contributed by atoms with E-state index < -0.39 is 10.0 Å². The molecule has 1 saturated heterocycles. The van der Waals surface area contributed by atoms with Crippen molar-refractivity contribution in [2.45, 2.75) is 89.0 Å². The maximum atomic E-state index is 11.8. The van der Waals surface area contributed by atoms with Crippen LogP contribution in [0.4, 0.5) is 17.5 Å². The molecule has 2 fully saturated rings. The van der Waals surface area contributed by atoms with Crippen LogP contribution in [0.25, 0.3) is 0 Å². The Balaban J connectivity index is 1.34. The fourth-order valence-corrected chi connectivity index (χ4v) is 7.16. The van der Waals surface area contributed by atoms with Crippen LogP contribution in [0.5, 0.6) is 0 Å². The van der Waals surface area contributed by atoms with Crippen LogP contribution in [0.3, 0.4) is 0 Å². The third kappa shape index (κ3) is 5.43. The van der Waals surface area contributed by atoms with Crippen LogP contribution >= 0.6 is 11.6 Å². The summed E-state index contributed by atoms with van der Waals surface area (Å²) in [6.07, 6.45) is 9.99. The molecule has 1 aliphatic carbocycles. The summed E-state index contributed by atoms with van der Waals surface area (Å²) < 4.78 is 26.4. The first-order valence-corrected chi connectivity index (χ1v) is 14.9. The highest BCUT2D eigenvalue weighted by molar-refractivity contribution is 7.88. The van der Waals surface area contributed by atoms with Gasteiger partial charge in [0.2, 0.25) is 16.0 Å². The number of aromatic nitrogens is 2. The number of rotatable bonds is 7. The van der Waals surface area contributed by atoms with Crippen LogP contribution < -0.4 is 15.4 Å². The Kier molecular flexibility index (Phi) is 6.96. The third-order valence-corrected chi connectivity index (χ3v) is 8.57. The lowest BCUT2D eigenvalue weighted by atomic mass is 9.91. The molecule has 2 bridgehead atoms. The van der Waals surface area contributed by atoms with Crippen molar-refractivity contribution in [1.29, 1.82) is 0 Å². The van der Waals surface area contributed by atoms with E-state index in [1.165, 1.54) is 30.2 Å². The second kappa shape index (κ2) is 9.84. The summed E-state index contributed by atoms with van der Waals surface area (Å²) in [6.45, 7) is 4.58. The van der Waals surface area contributed by atoms with Gasteiger partial charge in [0.1, 0.15) is 5.02 Å². The van der Waals surface area contributed by atoms with Gasteiger partial charge >= 0.3 is 0 Å². The van der Waals surface area contributed by atoms with Crippen LogP contribution in [0.1, 0.15) is 69.5 Å². The summed E-state index contributed by atoms with van der Waals surface area (Å²) in [5, 5.41) is 7.15. The first kappa shape index (κ1) is 24.7. The summed E-state index contributed by atoms with van der Waals surface area (Å²) in [6, 6.07) is 7.96. The van der Waals surface area contributed by atoms with Gasteiger partial charge in [0.05, 0.1) is 12.5 Å². The van der Waals surface area contributed by atoms with E-state index in [1.54, 1.807) is 6.20 Å². The maximum Gasteiger partial charge on any atom is 0.229 e. The van der Waals surface area contributed by atoms with Gasteiger partial charge in [-0.25, -0.2) is 18.1 Å². The second-order valence-electron chi connectivity index (χ2n) is 10.5. The Labute approximate surface area is 213 Å². The molecule has 3 aliphatic rings. The minimum Gasteiger partial charge on any atom is -0.364 e. The highest BCUT2D eigenvalue weighted by Crippen LogP contribution is 2.45. The standard InChI is InChI=1S/C25H35ClN6O2S/c1-15(2)32-18-10-11-23(32)19-13-17(9-8-16(19)12-18)28-25-27-14-20(26)24(30-25)29-21-6-4-5-7-22(21)31-35(3,33)34/h8-9,13-15,18,21-23,31H,4-7,10-12H2,1-3H3,(H2,27,28,29,30)/t18?,21-,22-,23?/m1/s1. The molecule has 2 aromatic rings. The van der Waals surface area contributed by atoms with Gasteiger partial charge in [0.15, 0.2) is 5.82 Å². The smallest absolute Gasteiger partial charge is 0.229 e. The number of anilines is 3. The van der Waals surface area contributed by atoms with Crippen LogP contribution in [-0.4, -0.2) is 53.7 Å². The molecule has 3 N–H and O–H groups in total. The summed E-state index contributed by atoms with van der Waals surface area (Å²) >= 11 is 6.42. The Bertz CT molecular complexity index is 1190. The minimum atomic E-state index is -3.30. The molecule has 1 aromatic heterocycles. The molecule has 35 heavy (non-hydrogen) atoms. The molecule has 8 nitrogen and oxygen atoms in total. The lowest BCUT2D eigenvalue weighted by Crippen LogP contribution is -2.48. The first-order chi connectivity index (χ1) is 16.7. The van der Waals surface area contributed by atoms with Crippen molar-refractivity contribution < 1.29 is 8.42 Å². The monoisotopic (exact) mass is 518 g/mol. The maximum absolute atomic E-state index is 11.8. The average molecular weight is 519 g/mol. The van der Waals surface area contributed by atoms with Crippen molar-refractivity contribution >= 4 is 39.1 Å². The van der Waals surface area contributed by atoms with Crippen LogP contribution in [0.2, 0.25) is 5.02 Å². The zero-order valence-electron chi connectivity index (χ0n) is 20.6. The van der Waals surface area contributed by atoms with E-state index in [2.05, 4.69) is 62.3 Å². The van der Waals surface area contributed by atoms with Crippen LogP contribution in [0.15, 0.2) is 24.4 Å². The highest BCUT2D eigenvalue weighted by atomic mass is 35.5. The molecular weight excluding hydrogens is 484 g/mol. The second-order valence-corrected chi connectivity index (χ2v) is 12.6. The van der Waals surface area contributed by atoms with Gasteiger partial charge in [-0.05, 0) is 69.2 Å². The van der Waals surface area contributed by atoms with Crippen molar-refractivity contribution in [1.82, 2.24) is 19.6 Å². The Morgan fingerprint density at radius 1 is 1.11 bits per heavy atom. The van der Waals surface area contributed by atoms with E-state index in [0.717, 1.165) is 37.8 Å². The van der Waals surface area contributed by atoms with Gasteiger partial charge in [-0.1, -0.05) is 30.5 Å². The number of hydrogen-bond acceptors (Lipinski definition) is 7. The topological polar surface area (TPSA) is 99.2 Å². The van der Waals surface area contributed by atoms with E-state index in [1.807, 2.05) is 0 Å². The molecule has 1 saturated carbocycles. The lowest BCUT2D eigenvalue weighted by molar-refractivity contribution is 0.135. The highest BCUT2D eigenvalue weighted by Gasteiger charge is 2.41. The van der Waals surface area contributed by atoms with Gasteiger partial charge in [0.25, 0.3) is 0 Å². The van der Waals surface area contributed by atoms with E-state index >= 15 is 0 Å². The molecule has 0 amide bonds. The number of sulfonamides is 1. The first-order valence-electron chi connectivity index (χ1n) is 12.6. The van der Waals surface area contributed by atoms with Gasteiger partial charge in [-0.2, -0.15) is 4.98 Å². The summed E-state index contributed by atoms with van der Waals surface area (Å²) in [7, 11) is -3.30. The molecule has 5 rings (SSSR count). The van der Waals surface area contributed by atoms with Gasteiger partial charge < -0.3 is 10.6 Å². The molecule has 2 aliphatic heterocycles. The number of hydrogen-bond donors (Lipinski definition) is 3. The largest absolute Gasteiger partial charge is 0.364 e. The molecule has 1 aromatic carbocycles. The van der Waals surface area contributed by atoms with Crippen LogP contribution in [0, 0.1) is 0 Å². The lowest BCUT2D eigenvalue weighted by Gasteiger charge is -2.39. The zero-order valence-corrected chi connectivity index (χ0v) is 22.2. The van der Waals surface area contributed by atoms with E-state index in [9.17, 15) is 8.42 Å². The Morgan fingerprint density at radius 3 is 2.63 bits per heavy atom. The summed E-state index contributed by atoms with van der Waals surface area (Å²) in [5.41, 5.74) is 3.81. The molecule has 10 heteroatoms. The number of nitrogens with zero attached hydrogens (tertiary/aromatic N) is 3. The van der Waals surface area contributed by atoms with Gasteiger partial charge in [-0.15, -0.1) is 0 Å². The zero-order chi connectivity index (χ0) is 24.7. The predicted molar refractivity (Wildman–Crippen MR) is 141 cm³/mol. The Morgan fingerprint density at radius 2 is 1.89 bits per heavy atom. The van der Waals surface area contributed by atoms with E-state index in [0.29, 0.717) is 34.9 Å². The van der Waals surface area contributed by atoms with Crippen molar-refractivity contribution in [2.75, 3.05) is 16.9 Å². The fourth-order valence-electron chi connectivity index (χ4n) is 6.18. The molecule has 4 atom stereocenters. The summed E-state index contributed by atoms with van der Waals surface area (Å²) in [4.78, 5) is 11.7. The normalized spacial score (nSPS) is 26.5. The van der Waals surface area contributed by atoms with E-state index in [-0.39, 0.29) is 12.1 Å². The quantitative estimate of drug-likeness (QED) is 0.492. The number of benzene rings is 1. The SMILES string of the molecule is CC(C)N1C2CCC1c1cc(Nc3ncc(Cl)c(N[C@@H]4CCCC[C@H]4NS(C)(=O)=O)n3)ccc1C2. The van der Waals surface area contributed by atoms with Crippen molar-refractivity contribution in [2.24, 2.45) is 0 Å². The van der Waals surface area contributed by atoms with Crippen LogP contribution in [-0.2, 0) is 16.4 Å². The van der Waals surface area contributed by atoms with Crippen molar-refractivity contribution in [3.63, 3.8) is 0 Å². The van der Waals surface area contributed by atoms with Gasteiger partial charge in [-0.3, -0.25) is 4.90 Å². The van der Waals surface area contributed by atoms with Crippen molar-refractivity contribution in [3.05, 3.63) is 40.5 Å². The summed E-state index contributed by atoms with van der Waals surface area (Å²) in [5.74, 6) is 0.972. The van der Waals surface area contributed by atoms with Crippen molar-refractivity contribution in [3.8, 4) is 0 Å². The predicted octanol–water partition coefficient (Wildman–Crippen LogP) is 4.62. The Hall–Kier alpha value is -1.94. The minimum absolute atomic E-state index is 0.0835. The fraction of sp³-hybridized carbons (Fsp3) is 0.600. The molecule has 3 heterocycles. The average Bonchev–Trinajstić information content (AvgIpc) is 3.13. The molecular formula is C25H35ClN6O2S. The van der Waals surface area contributed by atoms with Gasteiger partial charge in [0, 0.05) is 35.9 Å². The molecule has 0 radical (unpaired) electrons. The molecule has 190 valence electrons. The number of halogens is 1. The van der Waals surface area contributed by atoms with E-state index in [4.69, 9.17) is 11.6 Å². The molecule has 0 spiro atoms. The molecule has 2 unspecified atom stereocenters.